The van der Waals surface area contributed by atoms with Gasteiger partial charge in [0.2, 0.25) is 0 Å². The lowest BCUT2D eigenvalue weighted by Crippen LogP contribution is -2.22. The van der Waals surface area contributed by atoms with Gasteiger partial charge in [0.25, 0.3) is 0 Å². The van der Waals surface area contributed by atoms with Gasteiger partial charge in [-0.15, -0.1) is 0 Å². The molecule has 1 N–H and O–H groups in total. The zero-order valence-corrected chi connectivity index (χ0v) is 11.6. The molecule has 0 aliphatic carbocycles. The molecule has 100 valence electrons. The second-order valence-electron chi connectivity index (χ2n) is 4.66. The highest BCUT2D eigenvalue weighted by Gasteiger charge is 2.10. The Morgan fingerprint density at radius 2 is 1.42 bits per heavy atom. The Bertz CT molecular complexity index is 496. The van der Waals surface area contributed by atoms with Crippen molar-refractivity contribution in [3.8, 4) is 5.75 Å². The van der Waals surface area contributed by atoms with Gasteiger partial charge in [-0.25, -0.2) is 0 Å². The molecule has 0 aliphatic heterocycles. The summed E-state index contributed by atoms with van der Waals surface area (Å²) >= 11 is 0. The number of rotatable bonds is 5. The van der Waals surface area contributed by atoms with Crippen molar-refractivity contribution >= 4 is 0 Å². The maximum Gasteiger partial charge on any atom is 0.118 e. The Kier molecular flexibility index (Phi) is 4.53. The van der Waals surface area contributed by atoms with Crippen LogP contribution in [0.5, 0.6) is 5.75 Å². The minimum atomic E-state index is 0.286. The van der Waals surface area contributed by atoms with E-state index >= 15 is 0 Å². The minimum absolute atomic E-state index is 0.286. The molecular formula is C16H20N2O. The Hall–Kier alpha value is -1.87. The number of methoxy groups -OCH3 is 1. The summed E-state index contributed by atoms with van der Waals surface area (Å²) in [4.78, 5) is 4.04. The summed E-state index contributed by atoms with van der Waals surface area (Å²) in [7, 11) is 1.68. The number of ether oxygens (including phenoxy) is 1. The van der Waals surface area contributed by atoms with Gasteiger partial charge >= 0.3 is 0 Å². The standard InChI is InChI=1S/C16H20N2O/c1-12(14-4-6-16(19-3)7-5-14)18-13(2)15-8-10-17-11-9-15/h4-13,18H,1-3H3/t12-,13?/m0/s1. The van der Waals surface area contributed by atoms with E-state index in [9.17, 15) is 0 Å². The third-order valence-corrected chi connectivity index (χ3v) is 3.32. The first-order valence-corrected chi connectivity index (χ1v) is 6.50. The predicted octanol–water partition coefficient (Wildman–Crippen LogP) is 3.50. The fourth-order valence-electron chi connectivity index (χ4n) is 2.11. The summed E-state index contributed by atoms with van der Waals surface area (Å²) in [6.45, 7) is 4.33. The van der Waals surface area contributed by atoms with Gasteiger partial charge in [0, 0.05) is 24.5 Å². The van der Waals surface area contributed by atoms with Crippen LogP contribution >= 0.6 is 0 Å². The quantitative estimate of drug-likeness (QED) is 0.889. The fourth-order valence-corrected chi connectivity index (χ4v) is 2.11. The lowest BCUT2D eigenvalue weighted by Gasteiger charge is -2.20. The van der Waals surface area contributed by atoms with Crippen LogP contribution in [0, 0.1) is 0 Å². The van der Waals surface area contributed by atoms with E-state index in [2.05, 4.69) is 36.3 Å². The summed E-state index contributed by atoms with van der Waals surface area (Å²) in [5, 5.41) is 3.58. The predicted molar refractivity (Wildman–Crippen MR) is 77.2 cm³/mol. The number of nitrogens with zero attached hydrogens (tertiary/aromatic N) is 1. The molecule has 0 spiro atoms. The molecule has 0 aliphatic rings. The smallest absolute Gasteiger partial charge is 0.118 e. The third-order valence-electron chi connectivity index (χ3n) is 3.32. The van der Waals surface area contributed by atoms with Gasteiger partial charge < -0.3 is 10.1 Å². The van der Waals surface area contributed by atoms with Crippen molar-refractivity contribution in [2.24, 2.45) is 0 Å². The lowest BCUT2D eigenvalue weighted by atomic mass is 10.1. The molecule has 0 fully saturated rings. The van der Waals surface area contributed by atoms with Gasteiger partial charge in [-0.1, -0.05) is 12.1 Å². The molecule has 0 saturated heterocycles. The van der Waals surface area contributed by atoms with Crippen LogP contribution in [0.2, 0.25) is 0 Å². The molecule has 1 aromatic heterocycles. The normalized spacial score (nSPS) is 13.8. The molecule has 1 aromatic carbocycles. The minimum Gasteiger partial charge on any atom is -0.497 e. The molecule has 2 aromatic rings. The van der Waals surface area contributed by atoms with Gasteiger partial charge in [-0.2, -0.15) is 0 Å². The van der Waals surface area contributed by atoms with Crippen molar-refractivity contribution in [3.63, 3.8) is 0 Å². The Labute approximate surface area is 114 Å². The topological polar surface area (TPSA) is 34.1 Å². The van der Waals surface area contributed by atoms with Gasteiger partial charge in [0.15, 0.2) is 0 Å². The lowest BCUT2D eigenvalue weighted by molar-refractivity contribution is 0.414. The zero-order valence-electron chi connectivity index (χ0n) is 11.6. The Morgan fingerprint density at radius 1 is 0.895 bits per heavy atom. The molecule has 0 saturated carbocycles. The number of aromatic nitrogens is 1. The summed E-state index contributed by atoms with van der Waals surface area (Å²) in [5.41, 5.74) is 2.50. The molecule has 1 heterocycles. The summed E-state index contributed by atoms with van der Waals surface area (Å²) < 4.78 is 5.17. The van der Waals surface area contributed by atoms with Gasteiger partial charge in [0.1, 0.15) is 5.75 Å². The highest BCUT2D eigenvalue weighted by molar-refractivity contribution is 5.29. The van der Waals surface area contributed by atoms with Gasteiger partial charge in [-0.05, 0) is 49.2 Å². The van der Waals surface area contributed by atoms with E-state index in [-0.39, 0.29) is 6.04 Å². The number of hydrogen-bond acceptors (Lipinski definition) is 3. The van der Waals surface area contributed by atoms with E-state index < -0.39 is 0 Å². The molecule has 0 radical (unpaired) electrons. The van der Waals surface area contributed by atoms with Gasteiger partial charge in [0.05, 0.1) is 7.11 Å². The Morgan fingerprint density at radius 3 is 1.95 bits per heavy atom. The average molecular weight is 256 g/mol. The summed E-state index contributed by atoms with van der Waals surface area (Å²) in [5.74, 6) is 0.887. The molecule has 0 amide bonds. The van der Waals surface area contributed by atoms with Gasteiger partial charge in [-0.3, -0.25) is 4.98 Å². The van der Waals surface area contributed by atoms with Crippen LogP contribution in [-0.2, 0) is 0 Å². The largest absolute Gasteiger partial charge is 0.497 e. The molecule has 2 atom stereocenters. The van der Waals surface area contributed by atoms with Crippen molar-refractivity contribution in [2.75, 3.05) is 7.11 Å². The SMILES string of the molecule is COc1ccc([C@H](C)NC(C)c2ccncc2)cc1. The second kappa shape index (κ2) is 6.34. The summed E-state index contributed by atoms with van der Waals surface area (Å²) in [6, 6.07) is 12.8. The van der Waals surface area contributed by atoms with Crippen LogP contribution in [0.1, 0.15) is 37.1 Å². The van der Waals surface area contributed by atoms with Crippen molar-refractivity contribution < 1.29 is 4.74 Å². The maximum atomic E-state index is 5.17. The fraction of sp³-hybridized carbons (Fsp3) is 0.312. The van der Waals surface area contributed by atoms with Crippen molar-refractivity contribution in [2.45, 2.75) is 25.9 Å². The average Bonchev–Trinajstić information content (AvgIpc) is 2.48. The van der Waals surface area contributed by atoms with E-state index in [1.165, 1.54) is 11.1 Å². The second-order valence-corrected chi connectivity index (χ2v) is 4.66. The van der Waals surface area contributed by atoms with Crippen molar-refractivity contribution in [3.05, 3.63) is 59.9 Å². The monoisotopic (exact) mass is 256 g/mol. The highest BCUT2D eigenvalue weighted by atomic mass is 16.5. The van der Waals surface area contributed by atoms with E-state index in [4.69, 9.17) is 4.74 Å². The molecule has 1 unspecified atom stereocenters. The molecule has 19 heavy (non-hydrogen) atoms. The highest BCUT2D eigenvalue weighted by Crippen LogP contribution is 2.21. The van der Waals surface area contributed by atoms with Crippen molar-refractivity contribution in [1.29, 1.82) is 0 Å². The molecular weight excluding hydrogens is 236 g/mol. The molecule has 3 nitrogen and oxygen atoms in total. The summed E-state index contributed by atoms with van der Waals surface area (Å²) in [6.07, 6.45) is 3.65. The molecule has 3 heteroatoms. The number of nitrogens with one attached hydrogen (secondary N) is 1. The first-order chi connectivity index (χ1) is 9.20. The first-order valence-electron chi connectivity index (χ1n) is 6.50. The van der Waals surface area contributed by atoms with Crippen LogP contribution in [0.25, 0.3) is 0 Å². The van der Waals surface area contributed by atoms with Crippen LogP contribution in [0.15, 0.2) is 48.8 Å². The number of hydrogen-bond donors (Lipinski definition) is 1. The molecule has 2 rings (SSSR count). The first kappa shape index (κ1) is 13.6. The van der Waals surface area contributed by atoms with E-state index in [1.807, 2.05) is 36.7 Å². The van der Waals surface area contributed by atoms with E-state index in [1.54, 1.807) is 7.11 Å². The van der Waals surface area contributed by atoms with Crippen LogP contribution < -0.4 is 10.1 Å². The van der Waals surface area contributed by atoms with Crippen LogP contribution in [0.3, 0.4) is 0 Å². The molecule has 0 bridgehead atoms. The third kappa shape index (κ3) is 3.55. The van der Waals surface area contributed by atoms with E-state index in [0.29, 0.717) is 6.04 Å². The van der Waals surface area contributed by atoms with Crippen LogP contribution in [0.4, 0.5) is 0 Å². The number of benzene rings is 1. The maximum absolute atomic E-state index is 5.17. The Balaban J connectivity index is 2.02. The van der Waals surface area contributed by atoms with Crippen LogP contribution in [-0.4, -0.2) is 12.1 Å². The van der Waals surface area contributed by atoms with E-state index in [0.717, 1.165) is 5.75 Å². The van der Waals surface area contributed by atoms with Crippen molar-refractivity contribution in [1.82, 2.24) is 10.3 Å². The number of pyridine rings is 1. The zero-order chi connectivity index (χ0) is 13.7.